The summed E-state index contributed by atoms with van der Waals surface area (Å²) in [6.07, 6.45) is 2.40. The number of carbonyl (C=O) groups excluding carboxylic acids is 1. The molecule has 0 aliphatic carbocycles. The predicted molar refractivity (Wildman–Crippen MR) is 105 cm³/mol. The van der Waals surface area contributed by atoms with E-state index < -0.39 is 5.82 Å². The van der Waals surface area contributed by atoms with E-state index in [0.717, 1.165) is 39.1 Å². The summed E-state index contributed by atoms with van der Waals surface area (Å²) in [4.78, 5) is 14.7. The van der Waals surface area contributed by atoms with E-state index in [1.165, 1.54) is 18.2 Å². The summed E-state index contributed by atoms with van der Waals surface area (Å²) in [6, 6.07) is 4.26. The molecule has 1 aromatic rings. The summed E-state index contributed by atoms with van der Waals surface area (Å²) >= 11 is 5.92. The van der Waals surface area contributed by atoms with Crippen LogP contribution in [0.3, 0.4) is 0 Å². The van der Waals surface area contributed by atoms with Crippen LogP contribution in [0.5, 0.6) is 5.75 Å². The maximum atomic E-state index is 13.0. The summed E-state index contributed by atoms with van der Waals surface area (Å²) in [7, 11) is 0. The second-order valence-corrected chi connectivity index (χ2v) is 7.18. The van der Waals surface area contributed by atoms with E-state index in [0.29, 0.717) is 24.3 Å². The number of hydrogen-bond acceptors (Lipinski definition) is 4. The number of rotatable bonds is 10. The van der Waals surface area contributed by atoms with Crippen molar-refractivity contribution in [2.75, 3.05) is 39.5 Å². The third kappa shape index (κ3) is 6.94. The van der Waals surface area contributed by atoms with Crippen molar-refractivity contribution in [3.05, 3.63) is 29.0 Å². The summed E-state index contributed by atoms with van der Waals surface area (Å²) in [6.45, 7) is 8.53. The fourth-order valence-electron chi connectivity index (χ4n) is 3.49. The van der Waals surface area contributed by atoms with Gasteiger partial charge in [0.2, 0.25) is 5.91 Å². The number of ether oxygens (including phenoxy) is 2. The molecule has 1 heterocycles. The molecule has 1 aliphatic rings. The second kappa shape index (κ2) is 11.5. The Balaban J connectivity index is 1.80. The Kier molecular flexibility index (Phi) is 9.31. The minimum Gasteiger partial charge on any atom is -0.491 e. The first-order chi connectivity index (χ1) is 13.0. The molecule has 152 valence electrons. The van der Waals surface area contributed by atoms with Crippen LogP contribution in [0.15, 0.2) is 18.2 Å². The zero-order chi connectivity index (χ0) is 19.6. The van der Waals surface area contributed by atoms with E-state index in [-0.39, 0.29) is 24.0 Å². The van der Waals surface area contributed by atoms with Gasteiger partial charge in [0.15, 0.2) is 0 Å². The van der Waals surface area contributed by atoms with E-state index in [2.05, 4.69) is 24.1 Å². The van der Waals surface area contributed by atoms with Crippen molar-refractivity contribution in [1.29, 1.82) is 0 Å². The van der Waals surface area contributed by atoms with Crippen LogP contribution in [0.2, 0.25) is 5.02 Å². The van der Waals surface area contributed by atoms with Gasteiger partial charge in [-0.15, -0.1) is 0 Å². The molecule has 0 radical (unpaired) electrons. The summed E-state index contributed by atoms with van der Waals surface area (Å²) < 4.78 is 24.0. The quantitative estimate of drug-likeness (QED) is 0.653. The molecule has 0 saturated carbocycles. The van der Waals surface area contributed by atoms with E-state index >= 15 is 0 Å². The molecular formula is C20H30ClFN2O3. The number of carbonyl (C=O) groups is 1. The van der Waals surface area contributed by atoms with Gasteiger partial charge in [0.1, 0.15) is 11.6 Å². The lowest BCUT2D eigenvalue weighted by molar-refractivity contribution is -0.122. The lowest BCUT2D eigenvalue weighted by Gasteiger charge is -2.38. The van der Waals surface area contributed by atoms with Gasteiger partial charge in [-0.3, -0.25) is 9.69 Å². The first-order valence-corrected chi connectivity index (χ1v) is 10.1. The average molecular weight is 401 g/mol. The zero-order valence-electron chi connectivity index (χ0n) is 16.2. The SMILES string of the molecule is CCC(CC)C(CNC(=O)CCOc1ccc(F)cc1Cl)N1CCOCC1. The van der Waals surface area contributed by atoms with E-state index in [1.807, 2.05) is 0 Å². The van der Waals surface area contributed by atoms with Crippen LogP contribution in [0.4, 0.5) is 4.39 Å². The van der Waals surface area contributed by atoms with Gasteiger partial charge in [-0.25, -0.2) is 4.39 Å². The van der Waals surface area contributed by atoms with Gasteiger partial charge < -0.3 is 14.8 Å². The molecule has 0 aromatic heterocycles. The number of nitrogens with zero attached hydrogens (tertiary/aromatic N) is 1. The van der Waals surface area contributed by atoms with Crippen molar-refractivity contribution < 1.29 is 18.7 Å². The van der Waals surface area contributed by atoms with Gasteiger partial charge in [0.25, 0.3) is 0 Å². The minimum atomic E-state index is -0.416. The normalized spacial score (nSPS) is 16.3. The lowest BCUT2D eigenvalue weighted by atomic mass is 9.92. The Hall–Kier alpha value is -1.37. The molecule has 2 rings (SSSR count). The molecule has 1 saturated heterocycles. The van der Waals surface area contributed by atoms with Crippen LogP contribution in [-0.2, 0) is 9.53 Å². The smallest absolute Gasteiger partial charge is 0.223 e. The Morgan fingerprint density at radius 2 is 2.04 bits per heavy atom. The first kappa shape index (κ1) is 21.9. The molecule has 1 amide bonds. The highest BCUT2D eigenvalue weighted by atomic mass is 35.5. The monoisotopic (exact) mass is 400 g/mol. The molecule has 0 bridgehead atoms. The number of halogens is 2. The van der Waals surface area contributed by atoms with Crippen molar-refractivity contribution >= 4 is 17.5 Å². The number of hydrogen-bond donors (Lipinski definition) is 1. The van der Waals surface area contributed by atoms with Gasteiger partial charge in [-0.2, -0.15) is 0 Å². The highest BCUT2D eigenvalue weighted by Gasteiger charge is 2.27. The van der Waals surface area contributed by atoms with Crippen molar-refractivity contribution in [2.24, 2.45) is 5.92 Å². The highest BCUT2D eigenvalue weighted by Crippen LogP contribution is 2.25. The Bertz CT molecular complexity index is 593. The van der Waals surface area contributed by atoms with Crippen molar-refractivity contribution in [1.82, 2.24) is 10.2 Å². The van der Waals surface area contributed by atoms with Crippen LogP contribution in [0, 0.1) is 11.7 Å². The van der Waals surface area contributed by atoms with Gasteiger partial charge >= 0.3 is 0 Å². The molecule has 7 heteroatoms. The van der Waals surface area contributed by atoms with E-state index in [9.17, 15) is 9.18 Å². The first-order valence-electron chi connectivity index (χ1n) is 9.71. The van der Waals surface area contributed by atoms with E-state index in [1.54, 1.807) is 0 Å². The molecule has 1 N–H and O–H groups in total. The third-order valence-electron chi connectivity index (χ3n) is 5.10. The number of benzene rings is 1. The number of nitrogens with one attached hydrogen (secondary N) is 1. The van der Waals surface area contributed by atoms with Gasteiger partial charge in [-0.1, -0.05) is 38.3 Å². The number of amides is 1. The molecule has 1 fully saturated rings. The largest absolute Gasteiger partial charge is 0.491 e. The second-order valence-electron chi connectivity index (χ2n) is 6.77. The Morgan fingerprint density at radius 3 is 2.67 bits per heavy atom. The minimum absolute atomic E-state index is 0.0579. The molecule has 27 heavy (non-hydrogen) atoms. The molecule has 1 unspecified atom stereocenters. The van der Waals surface area contributed by atoms with Gasteiger partial charge in [0, 0.05) is 25.7 Å². The number of morpholine rings is 1. The average Bonchev–Trinajstić information content (AvgIpc) is 2.67. The van der Waals surface area contributed by atoms with Crippen molar-refractivity contribution in [3.63, 3.8) is 0 Å². The lowest BCUT2D eigenvalue weighted by Crippen LogP contribution is -2.52. The molecular weight excluding hydrogens is 371 g/mol. The van der Waals surface area contributed by atoms with Crippen LogP contribution < -0.4 is 10.1 Å². The van der Waals surface area contributed by atoms with Gasteiger partial charge in [0.05, 0.1) is 31.3 Å². The van der Waals surface area contributed by atoms with Crippen molar-refractivity contribution in [2.45, 2.75) is 39.2 Å². The van der Waals surface area contributed by atoms with Crippen LogP contribution in [-0.4, -0.2) is 56.3 Å². The standard InChI is InChI=1S/C20H30ClFN2O3/c1-3-15(4-2)18(24-8-11-26-12-9-24)14-23-20(25)7-10-27-19-6-5-16(22)13-17(19)21/h5-6,13,15,18H,3-4,7-12,14H2,1-2H3,(H,23,25). The van der Waals surface area contributed by atoms with Crippen LogP contribution in [0.25, 0.3) is 0 Å². The molecule has 1 aliphatic heterocycles. The van der Waals surface area contributed by atoms with Gasteiger partial charge in [-0.05, 0) is 24.1 Å². The molecule has 1 aromatic carbocycles. The van der Waals surface area contributed by atoms with Crippen LogP contribution in [0.1, 0.15) is 33.1 Å². The Morgan fingerprint density at radius 1 is 1.33 bits per heavy atom. The van der Waals surface area contributed by atoms with Crippen molar-refractivity contribution in [3.8, 4) is 5.75 Å². The fourth-order valence-corrected chi connectivity index (χ4v) is 3.71. The highest BCUT2D eigenvalue weighted by molar-refractivity contribution is 6.32. The molecule has 5 nitrogen and oxygen atoms in total. The van der Waals surface area contributed by atoms with Crippen LogP contribution >= 0.6 is 11.6 Å². The molecule has 0 spiro atoms. The molecule has 1 atom stereocenters. The maximum Gasteiger partial charge on any atom is 0.223 e. The van der Waals surface area contributed by atoms with E-state index in [4.69, 9.17) is 21.1 Å². The predicted octanol–water partition coefficient (Wildman–Crippen LogP) is 3.50. The fraction of sp³-hybridized carbons (Fsp3) is 0.650. The summed E-state index contributed by atoms with van der Waals surface area (Å²) in [5.74, 6) is 0.449. The third-order valence-corrected chi connectivity index (χ3v) is 5.39. The maximum absolute atomic E-state index is 13.0. The summed E-state index contributed by atoms with van der Waals surface area (Å²) in [5.41, 5.74) is 0. The zero-order valence-corrected chi connectivity index (χ0v) is 16.9. The topological polar surface area (TPSA) is 50.8 Å². The Labute approximate surface area is 166 Å². The summed E-state index contributed by atoms with van der Waals surface area (Å²) in [5, 5.41) is 3.25.